The van der Waals surface area contributed by atoms with E-state index in [0.29, 0.717) is 5.69 Å². The van der Waals surface area contributed by atoms with Crippen LogP contribution in [0.25, 0.3) is 0 Å². The summed E-state index contributed by atoms with van der Waals surface area (Å²) in [6.45, 7) is 3.66. The van der Waals surface area contributed by atoms with Crippen LogP contribution in [-0.4, -0.2) is 26.9 Å². The third kappa shape index (κ3) is 3.71. The fourth-order valence-corrected chi connectivity index (χ4v) is 5.33. The molecule has 5 nitrogen and oxygen atoms in total. The highest BCUT2D eigenvalue weighted by Gasteiger charge is 2.34. The molecule has 3 aromatic rings. The van der Waals surface area contributed by atoms with Crippen molar-refractivity contribution in [2.24, 2.45) is 0 Å². The van der Waals surface area contributed by atoms with Crippen LogP contribution in [0, 0.1) is 6.92 Å². The number of fused-ring (bicyclic) bond motifs is 1. The van der Waals surface area contributed by atoms with Gasteiger partial charge in [0.2, 0.25) is 5.91 Å². The number of anilines is 2. The fraction of sp³-hybridized carbons (Fsp3) is 0.208. The SMILES string of the molecule is Cc1ccc(N(CC(=O)N2c3ccccc3CC2C)S(=O)(=O)c2ccccc2)cc1. The van der Waals surface area contributed by atoms with Crippen LogP contribution in [0.1, 0.15) is 18.1 Å². The molecule has 1 heterocycles. The van der Waals surface area contributed by atoms with E-state index in [1.165, 1.54) is 4.31 Å². The number of aryl methyl sites for hydroxylation is 1. The molecule has 1 atom stereocenters. The number of hydrogen-bond donors (Lipinski definition) is 0. The van der Waals surface area contributed by atoms with Gasteiger partial charge in [-0.1, -0.05) is 54.1 Å². The monoisotopic (exact) mass is 420 g/mol. The van der Waals surface area contributed by atoms with Crippen LogP contribution < -0.4 is 9.21 Å². The second-order valence-corrected chi connectivity index (χ2v) is 9.47. The van der Waals surface area contributed by atoms with Crippen molar-refractivity contribution in [3.8, 4) is 0 Å². The zero-order chi connectivity index (χ0) is 21.3. The van der Waals surface area contributed by atoms with Crippen LogP contribution in [0.2, 0.25) is 0 Å². The smallest absolute Gasteiger partial charge is 0.264 e. The molecule has 30 heavy (non-hydrogen) atoms. The number of carbonyl (C=O) groups is 1. The van der Waals surface area contributed by atoms with Gasteiger partial charge in [-0.2, -0.15) is 0 Å². The number of benzene rings is 3. The molecular formula is C24H24N2O3S. The first-order valence-electron chi connectivity index (χ1n) is 9.92. The maximum Gasteiger partial charge on any atom is 0.264 e. The van der Waals surface area contributed by atoms with E-state index < -0.39 is 10.0 Å². The van der Waals surface area contributed by atoms with Crippen molar-refractivity contribution in [3.05, 3.63) is 90.0 Å². The van der Waals surface area contributed by atoms with Crippen LogP contribution in [0.4, 0.5) is 11.4 Å². The van der Waals surface area contributed by atoms with E-state index in [-0.39, 0.29) is 23.4 Å². The summed E-state index contributed by atoms with van der Waals surface area (Å²) in [7, 11) is -3.90. The van der Waals surface area contributed by atoms with E-state index in [1.54, 1.807) is 47.4 Å². The Labute approximate surface area is 177 Å². The Bertz CT molecular complexity index is 1160. The molecule has 1 aliphatic rings. The summed E-state index contributed by atoms with van der Waals surface area (Å²) in [5, 5.41) is 0. The van der Waals surface area contributed by atoms with E-state index in [9.17, 15) is 13.2 Å². The van der Waals surface area contributed by atoms with Crippen molar-refractivity contribution in [2.45, 2.75) is 31.2 Å². The third-order valence-corrected chi connectivity index (χ3v) is 7.20. The fourth-order valence-electron chi connectivity index (χ4n) is 3.89. The van der Waals surface area contributed by atoms with Crippen molar-refractivity contribution >= 4 is 27.3 Å². The maximum atomic E-state index is 13.5. The number of amides is 1. The molecule has 154 valence electrons. The van der Waals surface area contributed by atoms with Gasteiger partial charge in [0.25, 0.3) is 10.0 Å². The number of nitrogens with zero attached hydrogens (tertiary/aromatic N) is 2. The van der Waals surface area contributed by atoms with E-state index in [4.69, 9.17) is 0 Å². The zero-order valence-corrected chi connectivity index (χ0v) is 17.8. The van der Waals surface area contributed by atoms with Crippen molar-refractivity contribution < 1.29 is 13.2 Å². The highest BCUT2D eigenvalue weighted by molar-refractivity contribution is 7.92. The molecular weight excluding hydrogens is 396 g/mol. The number of para-hydroxylation sites is 1. The predicted octanol–water partition coefficient (Wildman–Crippen LogP) is 4.17. The Kier molecular flexibility index (Phi) is 5.35. The van der Waals surface area contributed by atoms with Gasteiger partial charge >= 0.3 is 0 Å². The van der Waals surface area contributed by atoms with Crippen molar-refractivity contribution in [1.29, 1.82) is 0 Å². The molecule has 1 aliphatic heterocycles. The first kappa shape index (κ1) is 20.2. The first-order chi connectivity index (χ1) is 14.4. The molecule has 0 aromatic heterocycles. The third-order valence-electron chi connectivity index (χ3n) is 5.41. The zero-order valence-electron chi connectivity index (χ0n) is 17.0. The molecule has 0 saturated carbocycles. The molecule has 0 saturated heterocycles. The summed E-state index contributed by atoms with van der Waals surface area (Å²) < 4.78 is 28.1. The Hall–Kier alpha value is -3.12. The largest absolute Gasteiger partial charge is 0.307 e. The lowest BCUT2D eigenvalue weighted by molar-refractivity contribution is -0.117. The second kappa shape index (κ2) is 7.95. The summed E-state index contributed by atoms with van der Waals surface area (Å²) >= 11 is 0. The second-order valence-electron chi connectivity index (χ2n) is 7.61. The topological polar surface area (TPSA) is 57.7 Å². The number of rotatable bonds is 5. The molecule has 0 bridgehead atoms. The van der Waals surface area contributed by atoms with E-state index in [1.807, 2.05) is 50.2 Å². The summed E-state index contributed by atoms with van der Waals surface area (Å²) in [5.74, 6) is -0.243. The average molecular weight is 421 g/mol. The Morgan fingerprint density at radius 3 is 2.30 bits per heavy atom. The minimum Gasteiger partial charge on any atom is -0.307 e. The normalized spacial score (nSPS) is 15.7. The van der Waals surface area contributed by atoms with Gasteiger partial charge in [-0.3, -0.25) is 9.10 Å². The standard InChI is InChI=1S/C24H24N2O3S/c1-18-12-14-21(15-13-18)25(30(28,29)22-9-4-3-5-10-22)17-24(27)26-19(2)16-20-8-6-7-11-23(20)26/h3-15,19H,16-17H2,1-2H3. The van der Waals surface area contributed by atoms with Gasteiger partial charge in [-0.05, 0) is 56.2 Å². The van der Waals surface area contributed by atoms with E-state index in [2.05, 4.69) is 0 Å². The molecule has 4 rings (SSSR count). The van der Waals surface area contributed by atoms with Crippen LogP contribution >= 0.6 is 0 Å². The lowest BCUT2D eigenvalue weighted by Gasteiger charge is -2.29. The molecule has 1 amide bonds. The van der Waals surface area contributed by atoms with Gasteiger partial charge in [0.05, 0.1) is 10.6 Å². The lowest BCUT2D eigenvalue weighted by Crippen LogP contribution is -2.45. The molecule has 3 aromatic carbocycles. The molecule has 0 radical (unpaired) electrons. The Balaban J connectivity index is 1.72. The quantitative estimate of drug-likeness (QED) is 0.623. The molecule has 6 heteroatoms. The van der Waals surface area contributed by atoms with E-state index in [0.717, 1.165) is 23.2 Å². The average Bonchev–Trinajstić information content (AvgIpc) is 3.09. The molecule has 1 unspecified atom stereocenters. The van der Waals surface area contributed by atoms with Gasteiger partial charge in [0.1, 0.15) is 6.54 Å². The summed E-state index contributed by atoms with van der Waals surface area (Å²) in [5.41, 5.74) is 3.45. The van der Waals surface area contributed by atoms with Gasteiger partial charge in [-0.15, -0.1) is 0 Å². The minimum atomic E-state index is -3.90. The first-order valence-corrected chi connectivity index (χ1v) is 11.4. The Morgan fingerprint density at radius 2 is 1.60 bits per heavy atom. The highest BCUT2D eigenvalue weighted by Crippen LogP contribution is 2.33. The maximum absolute atomic E-state index is 13.5. The predicted molar refractivity (Wildman–Crippen MR) is 119 cm³/mol. The van der Waals surface area contributed by atoms with Crippen molar-refractivity contribution in [1.82, 2.24) is 0 Å². The van der Waals surface area contributed by atoms with Crippen LogP contribution in [0.15, 0.2) is 83.8 Å². The lowest BCUT2D eigenvalue weighted by atomic mass is 10.1. The van der Waals surface area contributed by atoms with E-state index >= 15 is 0 Å². The molecule has 0 spiro atoms. The molecule has 0 N–H and O–H groups in total. The van der Waals surface area contributed by atoms with Gasteiger partial charge in [0, 0.05) is 11.7 Å². The van der Waals surface area contributed by atoms with Gasteiger partial charge in [-0.25, -0.2) is 8.42 Å². The minimum absolute atomic E-state index is 0.0193. The molecule has 0 fully saturated rings. The number of hydrogen-bond acceptors (Lipinski definition) is 3. The number of sulfonamides is 1. The highest BCUT2D eigenvalue weighted by atomic mass is 32.2. The summed E-state index contributed by atoms with van der Waals surface area (Å²) in [6, 6.07) is 23.2. The molecule has 0 aliphatic carbocycles. The number of carbonyl (C=O) groups excluding carboxylic acids is 1. The van der Waals surface area contributed by atoms with Gasteiger partial charge < -0.3 is 4.90 Å². The van der Waals surface area contributed by atoms with Crippen molar-refractivity contribution in [2.75, 3.05) is 15.7 Å². The van der Waals surface area contributed by atoms with Crippen LogP contribution in [0.5, 0.6) is 0 Å². The van der Waals surface area contributed by atoms with Crippen LogP contribution in [-0.2, 0) is 21.2 Å². The van der Waals surface area contributed by atoms with Crippen LogP contribution in [0.3, 0.4) is 0 Å². The summed E-state index contributed by atoms with van der Waals surface area (Å²) in [4.78, 5) is 15.2. The van der Waals surface area contributed by atoms with Crippen molar-refractivity contribution in [3.63, 3.8) is 0 Å². The van der Waals surface area contributed by atoms with Gasteiger partial charge in [0.15, 0.2) is 0 Å². The summed E-state index contributed by atoms with van der Waals surface area (Å²) in [6.07, 6.45) is 0.762. The Morgan fingerprint density at radius 1 is 0.967 bits per heavy atom.